The molecule has 1 aliphatic rings. The van der Waals surface area contributed by atoms with Gasteiger partial charge in [0.05, 0.1) is 0 Å². The zero-order valence-electron chi connectivity index (χ0n) is 12.5. The molecule has 2 aromatic rings. The van der Waals surface area contributed by atoms with Gasteiger partial charge in [-0.3, -0.25) is 4.79 Å². The van der Waals surface area contributed by atoms with Crippen LogP contribution in [0.2, 0.25) is 0 Å². The maximum Gasteiger partial charge on any atom is 0.228 e. The number of nitrogens with one attached hydrogen (secondary N) is 1. The van der Waals surface area contributed by atoms with Gasteiger partial charge in [-0.1, -0.05) is 62.4 Å². The van der Waals surface area contributed by atoms with Crippen LogP contribution >= 0.6 is 0 Å². The maximum absolute atomic E-state index is 12.4. The molecule has 0 saturated heterocycles. The molecule has 0 heterocycles. The third-order valence-corrected chi connectivity index (χ3v) is 4.20. The Kier molecular flexibility index (Phi) is 3.78. The third kappa shape index (κ3) is 2.99. The summed E-state index contributed by atoms with van der Waals surface area (Å²) in [6.07, 6.45) is 0.958. The van der Waals surface area contributed by atoms with Gasteiger partial charge in [0, 0.05) is 11.6 Å². The number of benzene rings is 2. The third-order valence-electron chi connectivity index (χ3n) is 4.20. The van der Waals surface area contributed by atoms with Crippen LogP contribution < -0.4 is 5.32 Å². The average Bonchev–Trinajstić information content (AvgIpc) is 3.29. The van der Waals surface area contributed by atoms with E-state index in [1.54, 1.807) is 0 Å². The normalized spacial score (nSPS) is 20.3. The molecule has 1 N–H and O–H groups in total. The second kappa shape index (κ2) is 5.72. The van der Waals surface area contributed by atoms with Crippen LogP contribution in [-0.2, 0) is 4.79 Å². The molecule has 1 saturated carbocycles. The highest BCUT2D eigenvalue weighted by atomic mass is 16.2. The molecule has 0 bridgehead atoms. The minimum atomic E-state index is 0.118. The molecule has 2 atom stereocenters. The summed E-state index contributed by atoms with van der Waals surface area (Å²) in [5.74, 6) is 1.06. The van der Waals surface area contributed by atoms with Crippen LogP contribution in [0.4, 0.5) is 5.69 Å². The van der Waals surface area contributed by atoms with Crippen LogP contribution in [0.3, 0.4) is 0 Å². The SMILES string of the molecule is CC(C)c1ccccc1NC(=O)[C@H]1C[C@H]1c1ccccc1. The van der Waals surface area contributed by atoms with Gasteiger partial charge < -0.3 is 5.32 Å². The molecule has 0 unspecified atom stereocenters. The topological polar surface area (TPSA) is 29.1 Å². The van der Waals surface area contributed by atoms with Gasteiger partial charge >= 0.3 is 0 Å². The zero-order valence-corrected chi connectivity index (χ0v) is 12.5. The van der Waals surface area contributed by atoms with Crippen LogP contribution in [0.15, 0.2) is 54.6 Å². The van der Waals surface area contributed by atoms with Crippen molar-refractivity contribution in [1.29, 1.82) is 0 Å². The van der Waals surface area contributed by atoms with Crippen molar-refractivity contribution >= 4 is 11.6 Å². The van der Waals surface area contributed by atoms with Gasteiger partial charge in [0.15, 0.2) is 0 Å². The number of hydrogen-bond acceptors (Lipinski definition) is 1. The van der Waals surface area contributed by atoms with Gasteiger partial charge in [-0.05, 0) is 35.4 Å². The smallest absolute Gasteiger partial charge is 0.228 e. The first kappa shape index (κ1) is 13.9. The van der Waals surface area contributed by atoms with Crippen LogP contribution in [-0.4, -0.2) is 5.91 Å². The second-order valence-electron chi connectivity index (χ2n) is 6.09. The molecule has 3 rings (SSSR count). The van der Waals surface area contributed by atoms with Crippen molar-refractivity contribution in [2.24, 2.45) is 5.92 Å². The fraction of sp³-hybridized carbons (Fsp3) is 0.316. The Hall–Kier alpha value is -2.09. The number of hydrogen-bond donors (Lipinski definition) is 1. The summed E-state index contributed by atoms with van der Waals surface area (Å²) in [6.45, 7) is 4.30. The second-order valence-corrected chi connectivity index (χ2v) is 6.09. The molecule has 0 aliphatic heterocycles. The fourth-order valence-corrected chi connectivity index (χ4v) is 2.89. The summed E-state index contributed by atoms with van der Waals surface area (Å²) in [4.78, 5) is 12.4. The lowest BCUT2D eigenvalue weighted by atomic mass is 10.0. The highest BCUT2D eigenvalue weighted by Gasteiger charge is 2.43. The molecule has 1 amide bonds. The van der Waals surface area contributed by atoms with E-state index in [9.17, 15) is 4.79 Å². The standard InChI is InChI=1S/C19H21NO/c1-13(2)15-10-6-7-11-18(15)20-19(21)17-12-16(17)14-8-4-3-5-9-14/h3-11,13,16-17H,12H2,1-2H3,(H,20,21)/t16-,17-/m0/s1. The van der Waals surface area contributed by atoms with Gasteiger partial charge in [-0.25, -0.2) is 0 Å². The highest BCUT2D eigenvalue weighted by Crippen LogP contribution is 2.48. The molecule has 2 nitrogen and oxygen atoms in total. The Morgan fingerprint density at radius 3 is 2.43 bits per heavy atom. The first-order valence-corrected chi connectivity index (χ1v) is 7.61. The maximum atomic E-state index is 12.4. The first-order valence-electron chi connectivity index (χ1n) is 7.61. The molecule has 1 aliphatic carbocycles. The van der Waals surface area contributed by atoms with E-state index in [1.807, 2.05) is 36.4 Å². The number of carbonyl (C=O) groups excluding carboxylic acids is 1. The van der Waals surface area contributed by atoms with Gasteiger partial charge in [-0.15, -0.1) is 0 Å². The summed E-state index contributed by atoms with van der Waals surface area (Å²) in [5, 5.41) is 3.11. The molecule has 0 aromatic heterocycles. The monoisotopic (exact) mass is 279 g/mol. The summed E-state index contributed by atoms with van der Waals surface area (Å²) in [6, 6.07) is 18.4. The minimum absolute atomic E-state index is 0.118. The fourth-order valence-electron chi connectivity index (χ4n) is 2.89. The number of carbonyl (C=O) groups is 1. The van der Waals surface area contributed by atoms with E-state index in [1.165, 1.54) is 11.1 Å². The Labute approximate surface area is 126 Å². The van der Waals surface area contributed by atoms with Crippen molar-refractivity contribution in [3.8, 4) is 0 Å². The van der Waals surface area contributed by atoms with Gasteiger partial charge in [0.25, 0.3) is 0 Å². The van der Waals surface area contributed by atoms with E-state index >= 15 is 0 Å². The first-order chi connectivity index (χ1) is 10.2. The van der Waals surface area contributed by atoms with Crippen LogP contribution in [0.1, 0.15) is 43.2 Å². The van der Waals surface area contributed by atoms with Crippen molar-refractivity contribution in [3.63, 3.8) is 0 Å². The summed E-state index contributed by atoms with van der Waals surface area (Å²) in [7, 11) is 0. The van der Waals surface area contributed by atoms with E-state index in [0.29, 0.717) is 11.8 Å². The Morgan fingerprint density at radius 1 is 1.05 bits per heavy atom. The molecule has 0 spiro atoms. The Balaban J connectivity index is 1.69. The molecule has 21 heavy (non-hydrogen) atoms. The lowest BCUT2D eigenvalue weighted by Crippen LogP contribution is -2.16. The molecule has 108 valence electrons. The predicted molar refractivity (Wildman–Crippen MR) is 86.5 cm³/mol. The van der Waals surface area contributed by atoms with Crippen LogP contribution in [0.25, 0.3) is 0 Å². The summed E-state index contributed by atoms with van der Waals surface area (Å²) >= 11 is 0. The minimum Gasteiger partial charge on any atom is -0.326 e. The quantitative estimate of drug-likeness (QED) is 0.874. The van der Waals surface area contributed by atoms with Crippen molar-refractivity contribution < 1.29 is 4.79 Å². The lowest BCUT2D eigenvalue weighted by molar-refractivity contribution is -0.117. The van der Waals surface area contributed by atoms with Crippen molar-refractivity contribution in [2.75, 3.05) is 5.32 Å². The molecular weight excluding hydrogens is 258 g/mol. The van der Waals surface area contributed by atoms with E-state index in [0.717, 1.165) is 12.1 Å². The van der Waals surface area contributed by atoms with Gasteiger partial charge in [-0.2, -0.15) is 0 Å². The zero-order chi connectivity index (χ0) is 14.8. The van der Waals surface area contributed by atoms with Gasteiger partial charge in [0.1, 0.15) is 0 Å². The predicted octanol–water partition coefficient (Wildman–Crippen LogP) is 4.55. The molecule has 2 heteroatoms. The van der Waals surface area contributed by atoms with E-state index in [2.05, 4.69) is 37.4 Å². The summed E-state index contributed by atoms with van der Waals surface area (Å²) in [5.41, 5.74) is 3.42. The number of rotatable bonds is 4. The number of anilines is 1. The molecule has 0 radical (unpaired) electrons. The average molecular weight is 279 g/mol. The number of amides is 1. The summed E-state index contributed by atoms with van der Waals surface area (Å²) < 4.78 is 0. The van der Waals surface area contributed by atoms with E-state index < -0.39 is 0 Å². The molecular formula is C19H21NO. The van der Waals surface area contributed by atoms with E-state index in [-0.39, 0.29) is 11.8 Å². The molecule has 2 aromatic carbocycles. The Morgan fingerprint density at radius 2 is 1.71 bits per heavy atom. The van der Waals surface area contributed by atoms with Crippen molar-refractivity contribution in [1.82, 2.24) is 0 Å². The Bertz CT molecular complexity index is 633. The van der Waals surface area contributed by atoms with Crippen LogP contribution in [0, 0.1) is 5.92 Å². The van der Waals surface area contributed by atoms with Crippen molar-refractivity contribution in [2.45, 2.75) is 32.1 Å². The largest absolute Gasteiger partial charge is 0.326 e. The number of para-hydroxylation sites is 1. The van der Waals surface area contributed by atoms with E-state index in [4.69, 9.17) is 0 Å². The van der Waals surface area contributed by atoms with Crippen molar-refractivity contribution in [3.05, 3.63) is 65.7 Å². The van der Waals surface area contributed by atoms with Crippen LogP contribution in [0.5, 0.6) is 0 Å². The molecule has 1 fully saturated rings. The van der Waals surface area contributed by atoms with Gasteiger partial charge in [0.2, 0.25) is 5.91 Å². The lowest BCUT2D eigenvalue weighted by Gasteiger charge is -2.13. The highest BCUT2D eigenvalue weighted by molar-refractivity contribution is 5.95.